The van der Waals surface area contributed by atoms with Crippen LogP contribution < -0.4 is 4.74 Å². The summed E-state index contributed by atoms with van der Waals surface area (Å²) in [6.45, 7) is 2.80. The van der Waals surface area contributed by atoms with Crippen LogP contribution in [0, 0.1) is 5.41 Å². The van der Waals surface area contributed by atoms with E-state index >= 15 is 0 Å². The molecule has 28 heavy (non-hydrogen) atoms. The Bertz CT molecular complexity index is 833. The molecular formula is C21H28BNO5. The Balaban J connectivity index is 1.76. The lowest BCUT2D eigenvalue weighted by molar-refractivity contribution is -0.152. The minimum absolute atomic E-state index is 0.372. The molecule has 0 saturated carbocycles. The monoisotopic (exact) mass is 385 g/mol. The molecule has 7 heteroatoms. The van der Waals surface area contributed by atoms with E-state index in [1.54, 1.807) is 13.9 Å². The maximum atomic E-state index is 12.0. The maximum absolute atomic E-state index is 12.0. The van der Waals surface area contributed by atoms with Gasteiger partial charge in [-0.15, -0.1) is 0 Å². The average Bonchev–Trinajstić information content (AvgIpc) is 2.71. The number of hydrogen-bond donors (Lipinski definition) is 3. The number of aliphatic carboxylic acids is 1. The highest BCUT2D eigenvalue weighted by Gasteiger charge is 2.42. The number of hydrogen-bond acceptors (Lipinski definition) is 5. The molecule has 1 heterocycles. The lowest BCUT2D eigenvalue weighted by Gasteiger charge is -2.39. The fourth-order valence-electron chi connectivity index (χ4n) is 4.16. The van der Waals surface area contributed by atoms with Crippen LogP contribution in [0.5, 0.6) is 5.75 Å². The predicted octanol–water partition coefficient (Wildman–Crippen LogP) is 2.94. The summed E-state index contributed by atoms with van der Waals surface area (Å²) in [7, 11) is 1.04. The van der Waals surface area contributed by atoms with E-state index in [1.807, 2.05) is 41.2 Å². The topological polar surface area (TPSA) is 90.2 Å². The summed E-state index contributed by atoms with van der Waals surface area (Å²) in [6.07, 6.45) is 0.975. The van der Waals surface area contributed by atoms with Crippen molar-refractivity contribution in [3.8, 4) is 5.75 Å². The summed E-state index contributed by atoms with van der Waals surface area (Å²) >= 11 is 0. The van der Waals surface area contributed by atoms with Crippen molar-refractivity contribution in [2.45, 2.75) is 38.6 Å². The fraction of sp³-hybridized carbons (Fsp3) is 0.476. The molecule has 0 radical (unpaired) electrons. The minimum atomic E-state index is -0.853. The number of carboxylic acid groups (broad SMARTS) is 1. The van der Waals surface area contributed by atoms with Gasteiger partial charge in [0.1, 0.15) is 5.75 Å². The minimum Gasteiger partial charge on any atom is -0.497 e. The molecule has 3 rings (SSSR count). The van der Waals surface area contributed by atoms with Crippen LogP contribution in [0.3, 0.4) is 0 Å². The Labute approximate surface area is 165 Å². The van der Waals surface area contributed by atoms with E-state index in [9.17, 15) is 20.0 Å². The summed E-state index contributed by atoms with van der Waals surface area (Å²) in [5, 5.41) is 32.4. The first-order valence-corrected chi connectivity index (χ1v) is 9.76. The van der Waals surface area contributed by atoms with Crippen LogP contribution in [0.25, 0.3) is 10.8 Å². The third kappa shape index (κ3) is 4.16. The van der Waals surface area contributed by atoms with Gasteiger partial charge < -0.3 is 24.8 Å². The van der Waals surface area contributed by atoms with Gasteiger partial charge in [0.25, 0.3) is 0 Å². The van der Waals surface area contributed by atoms with Crippen LogP contribution in [-0.2, 0) is 4.79 Å². The van der Waals surface area contributed by atoms with Crippen molar-refractivity contribution in [2.24, 2.45) is 5.41 Å². The number of ether oxygens (including phenoxy) is 1. The van der Waals surface area contributed by atoms with Crippen molar-refractivity contribution in [3.63, 3.8) is 0 Å². The Morgan fingerprint density at radius 1 is 1.29 bits per heavy atom. The second-order valence-electron chi connectivity index (χ2n) is 7.74. The number of rotatable bonds is 7. The van der Waals surface area contributed by atoms with Gasteiger partial charge >= 0.3 is 13.0 Å². The number of nitrogens with zero attached hydrogens (tertiary/aromatic N) is 1. The van der Waals surface area contributed by atoms with Gasteiger partial charge in [0, 0.05) is 0 Å². The highest BCUT2D eigenvalue weighted by atomic mass is 16.5. The SMILES string of the molecule is COc1ccc2cccc(C(O)CCC3(C(=O)O)CCN(B(C)O)CC3)c2c1. The first-order valence-electron chi connectivity index (χ1n) is 9.76. The Kier molecular flexibility index (Phi) is 6.28. The molecule has 150 valence electrons. The normalized spacial score (nSPS) is 18.0. The number of carboxylic acids is 1. The molecule has 1 aliphatic heterocycles. The molecular weight excluding hydrogens is 357 g/mol. The van der Waals surface area contributed by atoms with Crippen LogP contribution >= 0.6 is 0 Å². The zero-order valence-corrected chi connectivity index (χ0v) is 16.5. The highest BCUT2D eigenvalue weighted by molar-refractivity contribution is 6.45. The molecule has 0 aliphatic carbocycles. The quantitative estimate of drug-likeness (QED) is 0.635. The molecule has 1 atom stereocenters. The van der Waals surface area contributed by atoms with Gasteiger partial charge in [-0.2, -0.15) is 0 Å². The lowest BCUT2D eigenvalue weighted by atomic mass is 9.71. The standard InChI is InChI=1S/C21H28BNO5/c1-22(27)23-12-10-21(11-13-23,20(25)26)9-8-19(24)17-5-3-4-15-6-7-16(28-2)14-18(15)17/h3-7,14,19,24,27H,8-13H2,1-2H3,(H,25,26). The molecule has 1 fully saturated rings. The van der Waals surface area contributed by atoms with Crippen LogP contribution in [0.2, 0.25) is 6.82 Å². The summed E-state index contributed by atoms with van der Waals surface area (Å²) in [4.78, 5) is 13.9. The van der Waals surface area contributed by atoms with Crippen LogP contribution in [-0.4, -0.2) is 53.3 Å². The van der Waals surface area contributed by atoms with E-state index in [0.29, 0.717) is 38.8 Å². The largest absolute Gasteiger partial charge is 0.497 e. The molecule has 1 aliphatic rings. The van der Waals surface area contributed by atoms with E-state index in [4.69, 9.17) is 4.74 Å². The van der Waals surface area contributed by atoms with E-state index < -0.39 is 24.5 Å². The molecule has 0 aromatic heterocycles. The second kappa shape index (κ2) is 8.51. The first kappa shape index (κ1) is 20.6. The summed E-state index contributed by atoms with van der Waals surface area (Å²) in [5.41, 5.74) is -0.0624. The number of carbonyl (C=O) groups is 1. The number of aliphatic hydroxyl groups excluding tert-OH is 1. The number of methoxy groups -OCH3 is 1. The Morgan fingerprint density at radius 3 is 2.61 bits per heavy atom. The smallest absolute Gasteiger partial charge is 0.376 e. The zero-order valence-electron chi connectivity index (χ0n) is 16.5. The molecule has 0 amide bonds. The van der Waals surface area contributed by atoms with Gasteiger partial charge in [-0.3, -0.25) is 4.79 Å². The lowest BCUT2D eigenvalue weighted by Crippen LogP contribution is -2.49. The van der Waals surface area contributed by atoms with Crippen LogP contribution in [0.15, 0.2) is 36.4 Å². The van der Waals surface area contributed by atoms with E-state index in [-0.39, 0.29) is 0 Å². The first-order chi connectivity index (χ1) is 13.4. The maximum Gasteiger partial charge on any atom is 0.376 e. The Morgan fingerprint density at radius 2 is 2.00 bits per heavy atom. The number of aliphatic hydroxyl groups is 1. The average molecular weight is 385 g/mol. The highest BCUT2D eigenvalue weighted by Crippen LogP contribution is 2.39. The van der Waals surface area contributed by atoms with Gasteiger partial charge in [0.05, 0.1) is 18.6 Å². The molecule has 1 saturated heterocycles. The van der Waals surface area contributed by atoms with E-state index in [1.165, 1.54) is 0 Å². The fourth-order valence-corrected chi connectivity index (χ4v) is 4.16. The number of piperidine rings is 1. The molecule has 6 nitrogen and oxygen atoms in total. The van der Waals surface area contributed by atoms with Crippen molar-refractivity contribution < 1.29 is 24.8 Å². The van der Waals surface area contributed by atoms with Crippen molar-refractivity contribution in [1.29, 1.82) is 0 Å². The van der Waals surface area contributed by atoms with Gasteiger partial charge in [0.15, 0.2) is 0 Å². The van der Waals surface area contributed by atoms with Gasteiger partial charge in [-0.1, -0.05) is 24.3 Å². The Hall–Kier alpha value is -2.09. The number of benzene rings is 2. The molecule has 1 unspecified atom stereocenters. The third-order valence-electron chi connectivity index (χ3n) is 6.12. The van der Waals surface area contributed by atoms with Crippen molar-refractivity contribution in [1.82, 2.24) is 4.81 Å². The zero-order chi connectivity index (χ0) is 20.3. The number of fused-ring (bicyclic) bond motifs is 1. The molecule has 2 aromatic rings. The summed E-state index contributed by atoms with van der Waals surface area (Å²) in [6, 6.07) is 11.5. The summed E-state index contributed by atoms with van der Waals surface area (Å²) in [5.74, 6) is -0.0933. The molecule has 0 bridgehead atoms. The predicted molar refractivity (Wildman–Crippen MR) is 109 cm³/mol. The van der Waals surface area contributed by atoms with Gasteiger partial charge in [0.2, 0.25) is 0 Å². The van der Waals surface area contributed by atoms with Crippen LogP contribution in [0.4, 0.5) is 0 Å². The third-order valence-corrected chi connectivity index (χ3v) is 6.12. The van der Waals surface area contributed by atoms with E-state index in [2.05, 4.69) is 0 Å². The van der Waals surface area contributed by atoms with Gasteiger partial charge in [-0.05, 0) is 74.1 Å². The molecule has 0 spiro atoms. The van der Waals surface area contributed by atoms with Crippen LogP contribution in [0.1, 0.15) is 37.4 Å². The summed E-state index contributed by atoms with van der Waals surface area (Å²) < 4.78 is 5.30. The van der Waals surface area contributed by atoms with Crippen molar-refractivity contribution in [2.75, 3.05) is 20.2 Å². The van der Waals surface area contributed by atoms with Gasteiger partial charge in [-0.25, -0.2) is 0 Å². The van der Waals surface area contributed by atoms with Crippen molar-refractivity contribution >= 4 is 23.8 Å². The van der Waals surface area contributed by atoms with Crippen molar-refractivity contribution in [3.05, 3.63) is 42.0 Å². The molecule has 3 N–H and O–H groups in total. The second-order valence-corrected chi connectivity index (χ2v) is 7.74. The van der Waals surface area contributed by atoms with E-state index in [0.717, 1.165) is 22.1 Å². The molecule has 2 aromatic carbocycles.